The number of allylic oxidation sites excluding steroid dienone is 2. The fraction of sp³-hybridized carbons (Fsp3) is 0.167. The van der Waals surface area contributed by atoms with Gasteiger partial charge in [0.15, 0.2) is 0 Å². The van der Waals surface area contributed by atoms with Crippen molar-refractivity contribution in [3.8, 4) is 0 Å². The van der Waals surface area contributed by atoms with E-state index in [0.717, 1.165) is 13.1 Å². The standard InChI is InChI=1S/C12H12IN/c13-12-7-4-8-14(10-12)9-11-5-2-1-3-6-11/h1-7,10H,8-9H2. The van der Waals surface area contributed by atoms with Crippen LogP contribution >= 0.6 is 22.6 Å². The van der Waals surface area contributed by atoms with E-state index in [4.69, 9.17) is 0 Å². The third kappa shape index (κ3) is 2.61. The van der Waals surface area contributed by atoms with Crippen molar-refractivity contribution in [3.63, 3.8) is 0 Å². The van der Waals surface area contributed by atoms with Crippen LogP contribution in [0.25, 0.3) is 0 Å². The van der Waals surface area contributed by atoms with Crippen LogP contribution in [0.5, 0.6) is 0 Å². The summed E-state index contributed by atoms with van der Waals surface area (Å²) in [5, 5.41) is 0. The molecule has 1 aliphatic heterocycles. The molecule has 1 aliphatic rings. The Hall–Kier alpha value is -0.770. The van der Waals surface area contributed by atoms with Gasteiger partial charge in [0.25, 0.3) is 0 Å². The Kier molecular flexibility index (Phi) is 3.24. The maximum atomic E-state index is 2.35. The van der Waals surface area contributed by atoms with Crippen molar-refractivity contribution < 1.29 is 0 Å². The maximum absolute atomic E-state index is 2.35. The zero-order valence-electron chi connectivity index (χ0n) is 7.86. The van der Waals surface area contributed by atoms with Crippen LogP contribution < -0.4 is 0 Å². The summed E-state index contributed by atoms with van der Waals surface area (Å²) in [5.41, 5.74) is 1.36. The summed E-state index contributed by atoms with van der Waals surface area (Å²) in [4.78, 5) is 2.32. The Morgan fingerprint density at radius 2 is 2.00 bits per heavy atom. The van der Waals surface area contributed by atoms with Crippen molar-refractivity contribution in [2.75, 3.05) is 6.54 Å². The second-order valence-corrected chi connectivity index (χ2v) is 4.58. The van der Waals surface area contributed by atoms with E-state index in [1.165, 1.54) is 9.14 Å². The van der Waals surface area contributed by atoms with Crippen LogP contribution in [0.2, 0.25) is 0 Å². The highest BCUT2D eigenvalue weighted by Crippen LogP contribution is 2.16. The molecule has 0 spiro atoms. The molecule has 0 amide bonds. The molecule has 1 aromatic rings. The molecule has 0 unspecified atom stereocenters. The molecule has 0 saturated carbocycles. The summed E-state index contributed by atoms with van der Waals surface area (Å²) >= 11 is 2.35. The van der Waals surface area contributed by atoms with Gasteiger partial charge in [0.2, 0.25) is 0 Å². The molecule has 0 N–H and O–H groups in total. The molecule has 0 radical (unpaired) electrons. The average Bonchev–Trinajstić information content (AvgIpc) is 2.19. The first-order valence-corrected chi connectivity index (χ1v) is 5.74. The Bertz CT molecular complexity index is 354. The lowest BCUT2D eigenvalue weighted by atomic mass is 10.2. The number of hydrogen-bond acceptors (Lipinski definition) is 1. The highest BCUT2D eigenvalue weighted by atomic mass is 127. The van der Waals surface area contributed by atoms with Crippen molar-refractivity contribution in [3.05, 3.63) is 57.8 Å². The average molecular weight is 297 g/mol. The Morgan fingerprint density at radius 1 is 1.21 bits per heavy atom. The number of halogens is 1. The minimum absolute atomic E-state index is 0.998. The van der Waals surface area contributed by atoms with E-state index in [9.17, 15) is 0 Å². The Labute approximate surface area is 98.3 Å². The molecular formula is C12H12IN. The van der Waals surface area contributed by atoms with Crippen LogP contribution in [0.3, 0.4) is 0 Å². The quantitative estimate of drug-likeness (QED) is 0.757. The van der Waals surface area contributed by atoms with Crippen molar-refractivity contribution in [1.29, 1.82) is 0 Å². The highest BCUT2D eigenvalue weighted by Gasteiger charge is 2.03. The van der Waals surface area contributed by atoms with Crippen LogP contribution in [0.15, 0.2) is 52.3 Å². The van der Waals surface area contributed by atoms with Gasteiger partial charge in [-0.05, 0) is 34.2 Å². The largest absolute Gasteiger partial charge is 0.368 e. The molecule has 0 fully saturated rings. The maximum Gasteiger partial charge on any atom is 0.0427 e. The molecule has 2 heteroatoms. The first-order valence-electron chi connectivity index (χ1n) is 4.66. The fourth-order valence-electron chi connectivity index (χ4n) is 1.50. The smallest absolute Gasteiger partial charge is 0.0427 e. The van der Waals surface area contributed by atoms with Gasteiger partial charge in [-0.1, -0.05) is 36.4 Å². The molecule has 1 heterocycles. The minimum atomic E-state index is 0.998. The first-order chi connectivity index (χ1) is 6.84. The van der Waals surface area contributed by atoms with Crippen molar-refractivity contribution >= 4 is 22.6 Å². The zero-order chi connectivity index (χ0) is 9.80. The van der Waals surface area contributed by atoms with Gasteiger partial charge in [-0.25, -0.2) is 0 Å². The third-order valence-electron chi connectivity index (χ3n) is 2.15. The minimum Gasteiger partial charge on any atom is -0.368 e. The molecule has 1 nitrogen and oxygen atoms in total. The van der Waals surface area contributed by atoms with E-state index in [1.54, 1.807) is 0 Å². The lowest BCUT2D eigenvalue weighted by Crippen LogP contribution is -2.18. The second-order valence-electron chi connectivity index (χ2n) is 3.33. The third-order valence-corrected chi connectivity index (χ3v) is 2.79. The van der Waals surface area contributed by atoms with Gasteiger partial charge in [-0.15, -0.1) is 0 Å². The van der Waals surface area contributed by atoms with Crippen LogP contribution in [0.1, 0.15) is 5.56 Å². The SMILES string of the molecule is IC1=CN(Cc2ccccc2)CC=C1. The van der Waals surface area contributed by atoms with E-state index < -0.39 is 0 Å². The summed E-state index contributed by atoms with van der Waals surface area (Å²) in [6.07, 6.45) is 6.56. The Morgan fingerprint density at radius 3 is 2.71 bits per heavy atom. The van der Waals surface area contributed by atoms with E-state index in [2.05, 4.69) is 76.2 Å². The van der Waals surface area contributed by atoms with Crippen LogP contribution in [0.4, 0.5) is 0 Å². The van der Waals surface area contributed by atoms with E-state index in [-0.39, 0.29) is 0 Å². The number of hydrogen-bond donors (Lipinski definition) is 0. The molecule has 0 saturated heterocycles. The summed E-state index contributed by atoms with van der Waals surface area (Å²) in [6.45, 7) is 2.01. The monoisotopic (exact) mass is 297 g/mol. The number of benzene rings is 1. The molecule has 0 aliphatic carbocycles. The van der Waals surface area contributed by atoms with Crippen LogP contribution in [-0.4, -0.2) is 11.4 Å². The van der Waals surface area contributed by atoms with Gasteiger partial charge in [0.05, 0.1) is 0 Å². The van der Waals surface area contributed by atoms with Gasteiger partial charge in [-0.2, -0.15) is 0 Å². The van der Waals surface area contributed by atoms with Crippen LogP contribution in [0, 0.1) is 0 Å². The van der Waals surface area contributed by atoms with Crippen molar-refractivity contribution in [2.45, 2.75) is 6.54 Å². The molecule has 0 atom stereocenters. The van der Waals surface area contributed by atoms with E-state index in [0.29, 0.717) is 0 Å². The molecule has 0 aromatic heterocycles. The van der Waals surface area contributed by atoms with Crippen molar-refractivity contribution in [1.82, 2.24) is 4.90 Å². The molecule has 0 bridgehead atoms. The highest BCUT2D eigenvalue weighted by molar-refractivity contribution is 14.1. The molecule has 14 heavy (non-hydrogen) atoms. The zero-order valence-corrected chi connectivity index (χ0v) is 10.0. The van der Waals surface area contributed by atoms with Gasteiger partial charge in [0, 0.05) is 22.9 Å². The first kappa shape index (κ1) is 9.77. The van der Waals surface area contributed by atoms with E-state index in [1.807, 2.05) is 0 Å². The summed E-state index contributed by atoms with van der Waals surface area (Å²) < 4.78 is 1.30. The topological polar surface area (TPSA) is 3.24 Å². The summed E-state index contributed by atoms with van der Waals surface area (Å²) in [5.74, 6) is 0. The van der Waals surface area contributed by atoms with Gasteiger partial charge in [-0.3, -0.25) is 0 Å². The van der Waals surface area contributed by atoms with Crippen LogP contribution in [-0.2, 0) is 6.54 Å². The molecular weight excluding hydrogens is 285 g/mol. The summed E-state index contributed by atoms with van der Waals surface area (Å²) in [7, 11) is 0. The van der Waals surface area contributed by atoms with Gasteiger partial charge >= 0.3 is 0 Å². The molecule has 72 valence electrons. The van der Waals surface area contributed by atoms with Gasteiger partial charge < -0.3 is 4.90 Å². The molecule has 2 rings (SSSR count). The number of rotatable bonds is 2. The molecule has 1 aromatic carbocycles. The lowest BCUT2D eigenvalue weighted by Gasteiger charge is -2.21. The Balaban J connectivity index is 2.03. The number of nitrogens with zero attached hydrogens (tertiary/aromatic N) is 1. The normalized spacial score (nSPS) is 15.5. The summed E-state index contributed by atoms with van der Waals surface area (Å²) in [6, 6.07) is 10.6. The second kappa shape index (κ2) is 4.64. The lowest BCUT2D eigenvalue weighted by molar-refractivity contribution is 0.405. The van der Waals surface area contributed by atoms with Crippen molar-refractivity contribution in [2.24, 2.45) is 0 Å². The van der Waals surface area contributed by atoms with E-state index >= 15 is 0 Å². The van der Waals surface area contributed by atoms with Gasteiger partial charge in [0.1, 0.15) is 0 Å². The predicted molar refractivity (Wildman–Crippen MR) is 68.1 cm³/mol. The fourth-order valence-corrected chi connectivity index (χ4v) is 2.15. The predicted octanol–water partition coefficient (Wildman–Crippen LogP) is 3.33.